The molecule has 2 aliphatic heterocycles. The Labute approximate surface area is 250 Å². The number of hydrogen-bond donors (Lipinski definition) is 3. The smallest absolute Gasteiger partial charge is 0.321 e. The number of carbonyl (C=O) groups is 1. The molecule has 1 atom stereocenters. The summed E-state index contributed by atoms with van der Waals surface area (Å²) in [6, 6.07) is 14.7. The molecule has 0 radical (unpaired) electrons. The van der Waals surface area contributed by atoms with E-state index in [1.54, 1.807) is 4.90 Å². The van der Waals surface area contributed by atoms with Crippen molar-refractivity contribution in [3.8, 4) is 16.9 Å². The quantitative estimate of drug-likeness (QED) is 0.399. The average Bonchev–Trinajstić information content (AvgIpc) is 2.96. The number of likely N-dealkylation sites (N-methyl/N-ethyl adjacent to an activating group) is 1. The maximum Gasteiger partial charge on any atom is 0.321 e. The van der Waals surface area contributed by atoms with Crippen molar-refractivity contribution >= 4 is 21.7 Å². The Morgan fingerprint density at radius 1 is 1.09 bits per heavy atom. The van der Waals surface area contributed by atoms with E-state index in [1.807, 2.05) is 43.1 Å². The van der Waals surface area contributed by atoms with Gasteiger partial charge >= 0.3 is 6.03 Å². The minimum atomic E-state index is -4.10. The Bertz CT molecular complexity index is 1590. The maximum atomic E-state index is 14.6. The fraction of sp³-hybridized carbons (Fsp3) is 0.387. The van der Waals surface area contributed by atoms with Gasteiger partial charge in [0.05, 0.1) is 12.7 Å². The van der Waals surface area contributed by atoms with Crippen LogP contribution >= 0.6 is 0 Å². The zero-order valence-electron chi connectivity index (χ0n) is 24.1. The second-order valence-electron chi connectivity index (χ2n) is 11.5. The van der Waals surface area contributed by atoms with Crippen molar-refractivity contribution in [2.75, 3.05) is 51.7 Å². The summed E-state index contributed by atoms with van der Waals surface area (Å²) in [5, 5.41) is 13.6. The van der Waals surface area contributed by atoms with E-state index in [1.165, 1.54) is 24.3 Å². The Hall–Kier alpha value is -3.58. The van der Waals surface area contributed by atoms with Crippen molar-refractivity contribution in [3.05, 3.63) is 77.9 Å². The molecule has 2 amide bonds. The third kappa shape index (κ3) is 7.15. The van der Waals surface area contributed by atoms with E-state index in [0.29, 0.717) is 38.0 Å². The summed E-state index contributed by atoms with van der Waals surface area (Å²) in [5.41, 5.74) is 1.66. The van der Waals surface area contributed by atoms with Gasteiger partial charge < -0.3 is 25.0 Å². The number of ether oxygens (including phenoxy) is 1. The van der Waals surface area contributed by atoms with Gasteiger partial charge in [0.1, 0.15) is 22.3 Å². The number of aryl methyl sites for hydroxylation is 1. The molecule has 1 fully saturated rings. The fourth-order valence-corrected chi connectivity index (χ4v) is 6.95. The molecular formula is C31H36F2N4O5S. The molecule has 3 aromatic rings. The molecule has 2 heterocycles. The van der Waals surface area contributed by atoms with Gasteiger partial charge in [-0.1, -0.05) is 24.3 Å². The van der Waals surface area contributed by atoms with Crippen molar-refractivity contribution in [1.82, 2.24) is 14.5 Å². The normalized spacial score (nSPS) is 20.8. The molecule has 9 nitrogen and oxygen atoms in total. The number of β-amino-alcohol motifs (C(OH)–C–C–N with tert-alkyl or cyclic N) is 1. The van der Waals surface area contributed by atoms with E-state index in [-0.39, 0.29) is 41.9 Å². The van der Waals surface area contributed by atoms with Gasteiger partial charge in [-0.15, -0.1) is 0 Å². The number of hydrogen-bond acceptors (Lipinski definition) is 6. The van der Waals surface area contributed by atoms with Crippen LogP contribution < -0.4 is 14.8 Å². The first kappa shape index (κ1) is 30.9. The second kappa shape index (κ2) is 12.6. The molecule has 5 rings (SSSR count). The van der Waals surface area contributed by atoms with Crippen LogP contribution in [-0.2, 0) is 10.0 Å². The monoisotopic (exact) mass is 614 g/mol. The summed E-state index contributed by atoms with van der Waals surface area (Å²) in [5.74, 6) is -1.49. The summed E-state index contributed by atoms with van der Waals surface area (Å²) >= 11 is 0. The van der Waals surface area contributed by atoms with Gasteiger partial charge in [0.25, 0.3) is 0 Å². The number of fused-ring (bicyclic) bond motifs is 1. The van der Waals surface area contributed by atoms with Crippen LogP contribution in [0.3, 0.4) is 0 Å². The minimum absolute atomic E-state index is 0.0190. The Morgan fingerprint density at radius 3 is 2.56 bits per heavy atom. The molecule has 43 heavy (non-hydrogen) atoms. The van der Waals surface area contributed by atoms with Gasteiger partial charge in [0.2, 0.25) is 10.0 Å². The van der Waals surface area contributed by atoms with Gasteiger partial charge in [-0.25, -0.2) is 26.7 Å². The number of anilines is 1. The molecule has 1 saturated heterocycles. The molecule has 3 aromatic carbocycles. The van der Waals surface area contributed by atoms with Crippen LogP contribution in [0.1, 0.15) is 18.4 Å². The lowest BCUT2D eigenvalue weighted by Crippen LogP contribution is -2.52. The highest BCUT2D eigenvalue weighted by atomic mass is 32.2. The number of carbonyl (C=O) groups excluding carboxylic acids is 1. The number of halogens is 2. The molecule has 0 aromatic heterocycles. The Balaban J connectivity index is 1.42. The predicted molar refractivity (Wildman–Crippen MR) is 159 cm³/mol. The highest BCUT2D eigenvalue weighted by molar-refractivity contribution is 7.89. The van der Waals surface area contributed by atoms with Crippen LogP contribution in [0.2, 0.25) is 0 Å². The Morgan fingerprint density at radius 2 is 1.84 bits per heavy atom. The van der Waals surface area contributed by atoms with Crippen molar-refractivity contribution in [2.45, 2.75) is 30.8 Å². The first-order valence-electron chi connectivity index (χ1n) is 14.1. The number of nitrogens with one attached hydrogen (secondary N) is 2. The molecule has 0 bridgehead atoms. The molecule has 1 unspecified atom stereocenters. The zero-order chi connectivity index (χ0) is 30.8. The van der Waals surface area contributed by atoms with Gasteiger partial charge in [-0.05, 0) is 68.3 Å². The number of likely N-dealkylation sites (tertiary alicyclic amines) is 1. The molecule has 230 valence electrons. The van der Waals surface area contributed by atoms with Gasteiger partial charge in [-0.3, -0.25) is 0 Å². The maximum absolute atomic E-state index is 14.6. The molecule has 2 aliphatic rings. The zero-order valence-corrected chi connectivity index (χ0v) is 25.0. The van der Waals surface area contributed by atoms with Crippen LogP contribution in [0.5, 0.6) is 5.75 Å². The van der Waals surface area contributed by atoms with E-state index >= 15 is 0 Å². The topological polar surface area (TPSA) is 111 Å². The van der Waals surface area contributed by atoms with Gasteiger partial charge in [0.15, 0.2) is 0 Å². The van der Waals surface area contributed by atoms with Crippen LogP contribution in [0.25, 0.3) is 11.1 Å². The number of para-hydroxylation sites is 1. The number of benzene rings is 3. The molecule has 0 saturated carbocycles. The summed E-state index contributed by atoms with van der Waals surface area (Å²) in [6.07, 6.45) is 0.177. The number of piperidine rings is 1. The lowest BCUT2D eigenvalue weighted by molar-refractivity contribution is 0.0256. The lowest BCUT2D eigenvalue weighted by atomic mass is 9.78. The second-order valence-corrected chi connectivity index (χ2v) is 13.2. The van der Waals surface area contributed by atoms with Crippen LogP contribution in [0.15, 0.2) is 65.6 Å². The SMILES string of the molecule is Cc1ccccc1NC(=O)N1CCC2(CC1)COc1cc(-c3ccc(F)cc3F)ccc1S(=O)(=O)NCC(O)CN(C)C2. The van der Waals surface area contributed by atoms with E-state index in [2.05, 4.69) is 10.0 Å². The van der Waals surface area contributed by atoms with Gasteiger partial charge in [0, 0.05) is 55.5 Å². The third-order valence-electron chi connectivity index (χ3n) is 8.14. The number of rotatable bonds is 2. The molecule has 0 aliphatic carbocycles. The van der Waals surface area contributed by atoms with Crippen molar-refractivity contribution in [3.63, 3.8) is 0 Å². The largest absolute Gasteiger partial charge is 0.492 e. The van der Waals surface area contributed by atoms with Crippen LogP contribution in [-0.4, -0.2) is 81.8 Å². The van der Waals surface area contributed by atoms with Crippen LogP contribution in [0, 0.1) is 24.0 Å². The van der Waals surface area contributed by atoms with E-state index in [4.69, 9.17) is 4.74 Å². The lowest BCUT2D eigenvalue weighted by Gasteiger charge is -2.44. The summed E-state index contributed by atoms with van der Waals surface area (Å²) in [6.45, 7) is 3.51. The number of aliphatic hydroxyl groups excluding tert-OH is 1. The fourth-order valence-electron chi connectivity index (χ4n) is 5.75. The third-order valence-corrected chi connectivity index (χ3v) is 9.61. The predicted octanol–water partition coefficient (Wildman–Crippen LogP) is 4.22. The number of nitrogens with zero attached hydrogens (tertiary/aromatic N) is 2. The van der Waals surface area contributed by atoms with E-state index in [0.717, 1.165) is 23.4 Å². The molecular weight excluding hydrogens is 578 g/mol. The standard InChI is InChI=1S/C31H36F2N4O5S/c1-21-5-3-4-6-27(21)35-30(39)37-13-11-31(12-14-37)19-36(2)18-24(38)17-34-43(40,41)29-10-7-22(15-28(29)42-20-31)25-9-8-23(32)16-26(25)33/h3-10,15-16,24,34,38H,11-14,17-20H2,1-2H3,(H,35,39). The van der Waals surface area contributed by atoms with Crippen molar-refractivity contribution < 1.29 is 31.8 Å². The van der Waals surface area contributed by atoms with Crippen molar-refractivity contribution in [1.29, 1.82) is 0 Å². The summed E-state index contributed by atoms with van der Waals surface area (Å²) in [4.78, 5) is 16.6. The number of aliphatic hydroxyl groups is 1. The first-order chi connectivity index (χ1) is 20.4. The highest BCUT2D eigenvalue weighted by Gasteiger charge is 2.39. The number of amides is 2. The van der Waals surface area contributed by atoms with E-state index < -0.39 is 33.2 Å². The van der Waals surface area contributed by atoms with Crippen molar-refractivity contribution in [2.24, 2.45) is 5.41 Å². The molecule has 1 spiro atoms. The average molecular weight is 615 g/mol. The summed E-state index contributed by atoms with van der Waals surface area (Å²) < 4.78 is 63.4. The first-order valence-corrected chi connectivity index (χ1v) is 15.6. The summed E-state index contributed by atoms with van der Waals surface area (Å²) in [7, 11) is -2.25. The number of sulfonamides is 1. The van der Waals surface area contributed by atoms with E-state index in [9.17, 15) is 27.1 Å². The number of urea groups is 1. The highest BCUT2D eigenvalue weighted by Crippen LogP contribution is 2.37. The molecule has 3 N–H and O–H groups in total. The molecule has 12 heteroatoms. The van der Waals surface area contributed by atoms with Crippen LogP contribution in [0.4, 0.5) is 19.3 Å². The minimum Gasteiger partial charge on any atom is -0.492 e. The van der Waals surface area contributed by atoms with Gasteiger partial charge in [-0.2, -0.15) is 0 Å². The Kier molecular flexibility index (Phi) is 9.02.